The zero-order chi connectivity index (χ0) is 10.1. The van der Waals surface area contributed by atoms with Gasteiger partial charge in [0.05, 0.1) is 6.10 Å². The summed E-state index contributed by atoms with van der Waals surface area (Å²) in [4.78, 5) is 10.8. The molecule has 0 aliphatic rings. The molecule has 0 saturated carbocycles. The second-order valence-electron chi connectivity index (χ2n) is 3.30. The minimum atomic E-state index is -0.317. The van der Waals surface area contributed by atoms with Gasteiger partial charge in [-0.15, -0.1) is 0 Å². The lowest BCUT2D eigenvalue weighted by atomic mass is 10.1. The van der Waals surface area contributed by atoms with E-state index in [4.69, 9.17) is 4.74 Å². The molecule has 0 aliphatic heterocycles. The van der Waals surface area contributed by atoms with Gasteiger partial charge in [0.1, 0.15) is 0 Å². The monoisotopic (exact) mass is 184 g/mol. The number of rotatable bonds is 7. The molecule has 0 aromatic heterocycles. The molecular formula is C11H20O2. The number of ether oxygens (including phenoxy) is 1. The van der Waals surface area contributed by atoms with Crippen LogP contribution >= 0.6 is 0 Å². The molecule has 0 rings (SSSR count). The lowest BCUT2D eigenvalue weighted by Gasteiger charge is -2.10. The molecule has 2 heteroatoms. The van der Waals surface area contributed by atoms with E-state index in [1.54, 1.807) is 0 Å². The molecule has 0 aromatic carbocycles. The standard InChI is InChI=1S/C11H20O2/c1-4-6-7-8-9-10(3)13-11(12)5-2/h5,10H,2,4,6-9H2,1,3H3/t10-/m1/s1. The van der Waals surface area contributed by atoms with E-state index in [1.807, 2.05) is 6.92 Å². The smallest absolute Gasteiger partial charge is 0.330 e. The SMILES string of the molecule is C=CC(=O)O[C@H](C)CCCCCC. The lowest BCUT2D eigenvalue weighted by Crippen LogP contribution is -2.12. The van der Waals surface area contributed by atoms with Crippen molar-refractivity contribution in [3.63, 3.8) is 0 Å². The predicted octanol–water partition coefficient (Wildman–Crippen LogP) is 3.07. The van der Waals surface area contributed by atoms with Crippen LogP contribution < -0.4 is 0 Å². The number of hydrogen-bond donors (Lipinski definition) is 0. The van der Waals surface area contributed by atoms with Crippen LogP contribution in [0.2, 0.25) is 0 Å². The Bertz CT molecular complexity index is 152. The first-order chi connectivity index (χ1) is 6.20. The van der Waals surface area contributed by atoms with Crippen molar-refractivity contribution in [2.45, 2.75) is 52.1 Å². The van der Waals surface area contributed by atoms with Gasteiger partial charge in [-0.25, -0.2) is 4.79 Å². The number of hydrogen-bond acceptors (Lipinski definition) is 2. The summed E-state index contributed by atoms with van der Waals surface area (Å²) in [6.07, 6.45) is 7.07. The molecule has 0 saturated heterocycles. The molecule has 0 radical (unpaired) electrons. The molecular weight excluding hydrogens is 164 g/mol. The van der Waals surface area contributed by atoms with Crippen LogP contribution in [0.4, 0.5) is 0 Å². The normalized spacial score (nSPS) is 12.2. The second-order valence-corrected chi connectivity index (χ2v) is 3.30. The van der Waals surface area contributed by atoms with Crippen molar-refractivity contribution in [2.75, 3.05) is 0 Å². The molecule has 0 bridgehead atoms. The Morgan fingerprint density at radius 2 is 2.15 bits per heavy atom. The number of esters is 1. The van der Waals surface area contributed by atoms with Crippen LogP contribution in [-0.4, -0.2) is 12.1 Å². The molecule has 13 heavy (non-hydrogen) atoms. The van der Waals surface area contributed by atoms with Gasteiger partial charge < -0.3 is 4.74 Å². The fourth-order valence-corrected chi connectivity index (χ4v) is 1.16. The van der Waals surface area contributed by atoms with Gasteiger partial charge in [0.2, 0.25) is 0 Å². The Labute approximate surface area is 81.0 Å². The molecule has 0 aromatic rings. The summed E-state index contributed by atoms with van der Waals surface area (Å²) in [5.41, 5.74) is 0. The first-order valence-corrected chi connectivity index (χ1v) is 5.03. The van der Waals surface area contributed by atoms with Gasteiger partial charge in [-0.05, 0) is 19.8 Å². The molecule has 0 heterocycles. The molecule has 0 N–H and O–H groups in total. The van der Waals surface area contributed by atoms with Crippen LogP contribution in [0.15, 0.2) is 12.7 Å². The molecule has 0 fully saturated rings. The van der Waals surface area contributed by atoms with Gasteiger partial charge in [0, 0.05) is 6.08 Å². The van der Waals surface area contributed by atoms with Crippen molar-refractivity contribution in [3.8, 4) is 0 Å². The fraction of sp³-hybridized carbons (Fsp3) is 0.727. The summed E-state index contributed by atoms with van der Waals surface area (Å²) in [7, 11) is 0. The Morgan fingerprint density at radius 3 is 2.69 bits per heavy atom. The van der Waals surface area contributed by atoms with Crippen LogP contribution in [0, 0.1) is 0 Å². The van der Waals surface area contributed by atoms with Crippen LogP contribution in [0.25, 0.3) is 0 Å². The van der Waals surface area contributed by atoms with E-state index < -0.39 is 0 Å². The van der Waals surface area contributed by atoms with Gasteiger partial charge in [-0.1, -0.05) is 32.8 Å². The van der Waals surface area contributed by atoms with Crippen LogP contribution in [0.3, 0.4) is 0 Å². The highest BCUT2D eigenvalue weighted by Crippen LogP contribution is 2.07. The van der Waals surface area contributed by atoms with Crippen LogP contribution in [0.1, 0.15) is 46.0 Å². The molecule has 0 spiro atoms. The fourth-order valence-electron chi connectivity index (χ4n) is 1.16. The summed E-state index contributed by atoms with van der Waals surface area (Å²) in [6, 6.07) is 0. The van der Waals surface area contributed by atoms with Crippen molar-refractivity contribution in [1.82, 2.24) is 0 Å². The van der Waals surface area contributed by atoms with Crippen molar-refractivity contribution in [3.05, 3.63) is 12.7 Å². The molecule has 0 aliphatic carbocycles. The van der Waals surface area contributed by atoms with Gasteiger partial charge in [0.25, 0.3) is 0 Å². The zero-order valence-electron chi connectivity index (χ0n) is 8.71. The van der Waals surface area contributed by atoms with E-state index in [-0.39, 0.29) is 12.1 Å². The van der Waals surface area contributed by atoms with E-state index in [0.29, 0.717) is 0 Å². The summed E-state index contributed by atoms with van der Waals surface area (Å²) in [5.74, 6) is -0.317. The Balaban J connectivity index is 3.34. The van der Waals surface area contributed by atoms with E-state index in [0.717, 1.165) is 12.8 Å². The predicted molar refractivity (Wildman–Crippen MR) is 54.5 cm³/mol. The maximum Gasteiger partial charge on any atom is 0.330 e. The molecule has 0 unspecified atom stereocenters. The third-order valence-electron chi connectivity index (χ3n) is 1.95. The molecule has 0 amide bonds. The third kappa shape index (κ3) is 7.57. The quantitative estimate of drug-likeness (QED) is 0.345. The highest BCUT2D eigenvalue weighted by atomic mass is 16.5. The summed E-state index contributed by atoms with van der Waals surface area (Å²) < 4.78 is 5.02. The average Bonchev–Trinajstić information content (AvgIpc) is 2.12. The van der Waals surface area contributed by atoms with E-state index in [9.17, 15) is 4.79 Å². The van der Waals surface area contributed by atoms with Crippen molar-refractivity contribution in [2.24, 2.45) is 0 Å². The second kappa shape index (κ2) is 7.84. The maximum atomic E-state index is 10.8. The number of carbonyl (C=O) groups is 1. The average molecular weight is 184 g/mol. The summed E-state index contributed by atoms with van der Waals surface area (Å²) >= 11 is 0. The van der Waals surface area contributed by atoms with E-state index in [1.165, 1.54) is 25.3 Å². The lowest BCUT2D eigenvalue weighted by molar-refractivity contribution is -0.142. The van der Waals surface area contributed by atoms with Crippen LogP contribution in [0.5, 0.6) is 0 Å². The Morgan fingerprint density at radius 1 is 1.46 bits per heavy atom. The van der Waals surface area contributed by atoms with Crippen molar-refractivity contribution in [1.29, 1.82) is 0 Å². The van der Waals surface area contributed by atoms with Gasteiger partial charge in [-0.2, -0.15) is 0 Å². The van der Waals surface area contributed by atoms with Gasteiger partial charge >= 0.3 is 5.97 Å². The van der Waals surface area contributed by atoms with Crippen LogP contribution in [-0.2, 0) is 9.53 Å². The highest BCUT2D eigenvalue weighted by Gasteiger charge is 2.04. The summed E-state index contributed by atoms with van der Waals surface area (Å²) in [6.45, 7) is 7.45. The van der Waals surface area contributed by atoms with E-state index in [2.05, 4.69) is 13.5 Å². The van der Waals surface area contributed by atoms with Crippen molar-refractivity contribution < 1.29 is 9.53 Å². The van der Waals surface area contributed by atoms with E-state index >= 15 is 0 Å². The topological polar surface area (TPSA) is 26.3 Å². The number of carbonyl (C=O) groups excluding carboxylic acids is 1. The minimum Gasteiger partial charge on any atom is -0.460 e. The molecule has 2 nitrogen and oxygen atoms in total. The summed E-state index contributed by atoms with van der Waals surface area (Å²) in [5, 5.41) is 0. The zero-order valence-corrected chi connectivity index (χ0v) is 8.71. The van der Waals surface area contributed by atoms with Gasteiger partial charge in [0.15, 0.2) is 0 Å². The minimum absolute atomic E-state index is 0.0300. The van der Waals surface area contributed by atoms with Crippen molar-refractivity contribution >= 4 is 5.97 Å². The largest absolute Gasteiger partial charge is 0.460 e. The molecule has 1 atom stereocenters. The molecule has 76 valence electrons. The number of unbranched alkanes of at least 4 members (excludes halogenated alkanes) is 3. The highest BCUT2D eigenvalue weighted by molar-refractivity contribution is 5.81. The maximum absolute atomic E-state index is 10.8. The third-order valence-corrected chi connectivity index (χ3v) is 1.95. The first kappa shape index (κ1) is 12.2. The Hall–Kier alpha value is -0.790. The first-order valence-electron chi connectivity index (χ1n) is 5.03. The Kier molecular flexibility index (Phi) is 7.36. The van der Waals surface area contributed by atoms with Gasteiger partial charge in [-0.3, -0.25) is 0 Å².